The molecule has 1 aromatic heterocycles. The van der Waals surface area contributed by atoms with Gasteiger partial charge in [-0.2, -0.15) is 0 Å². The molecule has 0 amide bonds. The Balaban J connectivity index is 1.82. The van der Waals surface area contributed by atoms with Gasteiger partial charge in [-0.1, -0.05) is 37.3 Å². The molecular formula is C22H27N3O3S. The smallest absolute Gasteiger partial charge is 0.341 e. The van der Waals surface area contributed by atoms with E-state index in [0.717, 1.165) is 23.2 Å². The number of pyridine rings is 1. The molecule has 2 aromatic rings. The van der Waals surface area contributed by atoms with Crippen molar-refractivity contribution in [3.05, 3.63) is 58.8 Å². The van der Waals surface area contributed by atoms with Crippen LogP contribution >= 0.6 is 12.2 Å². The third-order valence-corrected chi connectivity index (χ3v) is 5.33. The van der Waals surface area contributed by atoms with E-state index in [1.807, 2.05) is 30.3 Å². The van der Waals surface area contributed by atoms with E-state index in [4.69, 9.17) is 26.7 Å². The lowest BCUT2D eigenvalue weighted by Gasteiger charge is -2.34. The molecular weight excluding hydrogens is 386 g/mol. The fourth-order valence-electron chi connectivity index (χ4n) is 3.14. The highest BCUT2D eigenvalue weighted by atomic mass is 32.1. The van der Waals surface area contributed by atoms with Crippen molar-refractivity contribution < 1.29 is 14.3 Å². The minimum atomic E-state index is -0.431. The van der Waals surface area contributed by atoms with Crippen LogP contribution < -0.4 is 10.6 Å². The normalized spacial score (nSPS) is 17.9. The molecule has 2 N–H and O–H groups in total. The van der Waals surface area contributed by atoms with E-state index in [1.165, 1.54) is 0 Å². The van der Waals surface area contributed by atoms with Crippen molar-refractivity contribution >= 4 is 29.1 Å². The maximum atomic E-state index is 12.5. The zero-order valence-corrected chi connectivity index (χ0v) is 17.9. The Morgan fingerprint density at radius 1 is 1.31 bits per heavy atom. The number of aromatic nitrogens is 1. The predicted octanol–water partition coefficient (Wildman–Crippen LogP) is 3.99. The van der Waals surface area contributed by atoms with Gasteiger partial charge in [-0.25, -0.2) is 9.78 Å². The summed E-state index contributed by atoms with van der Waals surface area (Å²) in [4.78, 5) is 17.2. The van der Waals surface area contributed by atoms with E-state index in [2.05, 4.69) is 24.5 Å². The van der Waals surface area contributed by atoms with Gasteiger partial charge in [-0.15, -0.1) is 0 Å². The van der Waals surface area contributed by atoms with E-state index in [9.17, 15) is 4.79 Å². The van der Waals surface area contributed by atoms with Gasteiger partial charge in [0.15, 0.2) is 5.11 Å². The van der Waals surface area contributed by atoms with Crippen molar-refractivity contribution in [3.8, 4) is 0 Å². The molecule has 2 heterocycles. The number of rotatable bonds is 6. The Hall–Kier alpha value is -2.51. The largest absolute Gasteiger partial charge is 0.462 e. The van der Waals surface area contributed by atoms with Crippen LogP contribution in [0, 0.1) is 0 Å². The van der Waals surface area contributed by atoms with Crippen LogP contribution in [0.15, 0.2) is 36.4 Å². The summed E-state index contributed by atoms with van der Waals surface area (Å²) in [5.41, 5.74) is 3.04. The summed E-state index contributed by atoms with van der Waals surface area (Å²) in [6.07, 6.45) is 1.56. The van der Waals surface area contributed by atoms with Gasteiger partial charge in [-0.05, 0) is 44.1 Å². The first-order chi connectivity index (χ1) is 13.9. The number of fused-ring (bicyclic) bond motifs is 1. The second-order valence-electron chi connectivity index (χ2n) is 7.27. The van der Waals surface area contributed by atoms with Gasteiger partial charge < -0.3 is 20.1 Å². The lowest BCUT2D eigenvalue weighted by Crippen LogP contribution is -2.36. The van der Waals surface area contributed by atoms with E-state index in [0.29, 0.717) is 36.1 Å². The molecule has 29 heavy (non-hydrogen) atoms. The van der Waals surface area contributed by atoms with Crippen LogP contribution in [0.25, 0.3) is 0 Å². The fraction of sp³-hybridized carbons (Fsp3) is 0.409. The Morgan fingerprint density at radius 2 is 2.07 bits per heavy atom. The predicted molar refractivity (Wildman–Crippen MR) is 117 cm³/mol. The van der Waals surface area contributed by atoms with Gasteiger partial charge in [-0.3, -0.25) is 0 Å². The van der Waals surface area contributed by atoms with Crippen molar-refractivity contribution in [3.63, 3.8) is 0 Å². The molecule has 1 aromatic carbocycles. The molecule has 0 saturated carbocycles. The Bertz CT molecular complexity index is 888. The Labute approximate surface area is 177 Å². The number of anilines is 1. The average Bonchev–Trinajstić information content (AvgIpc) is 2.72. The number of ether oxygens (including phenoxy) is 2. The first kappa shape index (κ1) is 21.2. The van der Waals surface area contributed by atoms with Crippen LogP contribution in [0.4, 0.5) is 5.82 Å². The SMILES string of the molecule is CCOC(=O)c1cc2c(nc1NC(=S)NCc1ccccc1)CC(C)(CC)OC2. The second kappa shape index (κ2) is 9.33. The molecule has 0 saturated heterocycles. The minimum Gasteiger partial charge on any atom is -0.462 e. The van der Waals surface area contributed by atoms with E-state index < -0.39 is 5.97 Å². The number of nitrogens with zero attached hydrogens (tertiary/aromatic N) is 1. The topological polar surface area (TPSA) is 72.5 Å². The quantitative estimate of drug-likeness (QED) is 0.548. The Morgan fingerprint density at radius 3 is 2.76 bits per heavy atom. The van der Waals surface area contributed by atoms with Crippen LogP contribution in [0.3, 0.4) is 0 Å². The standard InChI is InChI=1S/C22H27N3O3S/c1-4-22(3)12-18-16(14-28-22)11-17(20(26)27-5-2)19(24-18)25-21(29)23-13-15-9-7-6-8-10-15/h6-11H,4-5,12-14H2,1-3H3,(H2,23,24,25,29). The number of hydrogen-bond donors (Lipinski definition) is 2. The molecule has 7 heteroatoms. The zero-order chi connectivity index (χ0) is 20.9. The summed E-state index contributed by atoms with van der Waals surface area (Å²) in [7, 11) is 0. The van der Waals surface area contributed by atoms with Gasteiger partial charge in [0.1, 0.15) is 11.4 Å². The lowest BCUT2D eigenvalue weighted by atomic mass is 9.91. The molecule has 1 aliphatic rings. The van der Waals surface area contributed by atoms with Crippen LogP contribution in [0.5, 0.6) is 0 Å². The van der Waals surface area contributed by atoms with Gasteiger partial charge >= 0.3 is 5.97 Å². The summed E-state index contributed by atoms with van der Waals surface area (Å²) in [5.74, 6) is -0.0203. The van der Waals surface area contributed by atoms with Crippen molar-refractivity contribution in [2.24, 2.45) is 0 Å². The zero-order valence-electron chi connectivity index (χ0n) is 17.1. The lowest BCUT2D eigenvalue weighted by molar-refractivity contribution is -0.0574. The number of nitrogens with one attached hydrogen (secondary N) is 2. The maximum absolute atomic E-state index is 12.5. The molecule has 6 nitrogen and oxygen atoms in total. The summed E-state index contributed by atoms with van der Waals surface area (Å²) in [5, 5.41) is 6.64. The molecule has 1 aliphatic heterocycles. The van der Waals surface area contributed by atoms with Crippen LogP contribution in [0.2, 0.25) is 0 Å². The first-order valence-electron chi connectivity index (χ1n) is 9.86. The monoisotopic (exact) mass is 413 g/mol. The second-order valence-corrected chi connectivity index (χ2v) is 7.68. The number of carbonyl (C=O) groups excluding carboxylic acids is 1. The highest BCUT2D eigenvalue weighted by Gasteiger charge is 2.32. The molecule has 3 rings (SSSR count). The molecule has 154 valence electrons. The van der Waals surface area contributed by atoms with Crippen molar-refractivity contribution in [1.82, 2.24) is 10.3 Å². The van der Waals surface area contributed by atoms with E-state index >= 15 is 0 Å². The van der Waals surface area contributed by atoms with Gasteiger partial charge in [0, 0.05) is 18.5 Å². The maximum Gasteiger partial charge on any atom is 0.341 e. The average molecular weight is 414 g/mol. The van der Waals surface area contributed by atoms with Crippen LogP contribution in [-0.4, -0.2) is 28.3 Å². The molecule has 0 radical (unpaired) electrons. The number of carbonyl (C=O) groups is 1. The third-order valence-electron chi connectivity index (χ3n) is 5.08. The molecule has 1 unspecified atom stereocenters. The third kappa shape index (κ3) is 5.31. The first-order valence-corrected chi connectivity index (χ1v) is 10.3. The van der Waals surface area contributed by atoms with E-state index in [-0.39, 0.29) is 12.2 Å². The highest BCUT2D eigenvalue weighted by Crippen LogP contribution is 2.31. The summed E-state index contributed by atoms with van der Waals surface area (Å²) >= 11 is 5.43. The molecule has 0 aliphatic carbocycles. The summed E-state index contributed by atoms with van der Waals surface area (Å²) < 4.78 is 11.2. The minimum absolute atomic E-state index is 0.255. The summed E-state index contributed by atoms with van der Waals surface area (Å²) in [6.45, 7) is 7.25. The fourth-order valence-corrected chi connectivity index (χ4v) is 3.31. The van der Waals surface area contributed by atoms with Gasteiger partial charge in [0.05, 0.1) is 24.5 Å². The molecule has 0 fully saturated rings. The van der Waals surface area contributed by atoms with Gasteiger partial charge in [0.2, 0.25) is 0 Å². The van der Waals surface area contributed by atoms with E-state index in [1.54, 1.807) is 13.0 Å². The van der Waals surface area contributed by atoms with Crippen molar-refractivity contribution in [1.29, 1.82) is 0 Å². The number of benzene rings is 1. The van der Waals surface area contributed by atoms with Crippen LogP contribution in [-0.2, 0) is 29.0 Å². The molecule has 0 bridgehead atoms. The number of thiocarbonyl (C=S) groups is 1. The summed E-state index contributed by atoms with van der Waals surface area (Å²) in [6, 6.07) is 11.8. The number of hydrogen-bond acceptors (Lipinski definition) is 5. The van der Waals surface area contributed by atoms with Crippen molar-refractivity contribution in [2.75, 3.05) is 11.9 Å². The molecule has 1 atom stereocenters. The Kier molecular flexibility index (Phi) is 6.82. The number of esters is 1. The van der Waals surface area contributed by atoms with Crippen molar-refractivity contribution in [2.45, 2.75) is 52.4 Å². The highest BCUT2D eigenvalue weighted by molar-refractivity contribution is 7.80. The molecule has 0 spiro atoms. The van der Waals surface area contributed by atoms with Crippen LogP contribution in [0.1, 0.15) is 54.4 Å². The van der Waals surface area contributed by atoms with Gasteiger partial charge in [0.25, 0.3) is 0 Å².